The summed E-state index contributed by atoms with van der Waals surface area (Å²) in [6.45, 7) is 0. The third kappa shape index (κ3) is 4.73. The minimum absolute atomic E-state index is 0. The molecule has 2 rings (SSSR count). The molecule has 1 aromatic carbocycles. The van der Waals surface area contributed by atoms with Crippen LogP contribution in [0, 0.1) is 0 Å². The van der Waals surface area contributed by atoms with Crippen LogP contribution >= 0.6 is 11.6 Å². The largest absolute Gasteiger partial charge is 1.00 e. The molecule has 0 radical (unpaired) electrons. The van der Waals surface area contributed by atoms with Crippen LogP contribution in [0.2, 0.25) is 5.28 Å². The van der Waals surface area contributed by atoms with Gasteiger partial charge in [-0.05, 0) is 29.8 Å². The molecule has 0 atom stereocenters. The van der Waals surface area contributed by atoms with Crippen molar-refractivity contribution in [2.45, 2.75) is 6.18 Å². The molecule has 0 bridgehead atoms. The number of nitrogens with zero attached hydrogens (tertiary/aromatic N) is 2. The van der Waals surface area contributed by atoms with Gasteiger partial charge in [0.05, 0.1) is 11.3 Å². The predicted octanol–water partition coefficient (Wildman–Crippen LogP) is 0.630. The summed E-state index contributed by atoms with van der Waals surface area (Å²) in [6.07, 6.45) is -4.44. The Labute approximate surface area is 166 Å². The molecule has 9 heteroatoms. The minimum atomic E-state index is -4.44. The van der Waals surface area contributed by atoms with Gasteiger partial charge in [0.1, 0.15) is 0 Å². The van der Waals surface area contributed by atoms with E-state index in [0.29, 0.717) is 5.56 Å². The molecule has 0 aliphatic rings. The maximum absolute atomic E-state index is 12.4. The average Bonchev–Trinajstić information content (AvgIpc) is 2.37. The Morgan fingerprint density at radius 1 is 1.19 bits per heavy atom. The molecule has 0 aliphatic carbocycles. The molecule has 4 nitrogen and oxygen atoms in total. The summed E-state index contributed by atoms with van der Waals surface area (Å²) in [5.41, 5.74) is -0.694. The number of hydrogen-bond acceptors (Lipinski definition) is 3. The summed E-state index contributed by atoms with van der Waals surface area (Å²) in [5, 5.41) is 8.54. The van der Waals surface area contributed by atoms with Crippen LogP contribution < -0.4 is 51.4 Å². The van der Waals surface area contributed by atoms with Crippen molar-refractivity contribution in [3.63, 3.8) is 0 Å². The van der Waals surface area contributed by atoms with Gasteiger partial charge in [-0.1, -0.05) is 12.1 Å². The molecule has 1 aromatic heterocycles. The molecule has 0 saturated heterocycles. The molecule has 1 heterocycles. The number of carboxylic acids is 1. The monoisotopic (exact) mass is 342 g/mol. The Morgan fingerprint density at radius 2 is 1.76 bits per heavy atom. The normalized spacial score (nSPS) is 10.9. The summed E-state index contributed by atoms with van der Waals surface area (Å²) in [6, 6.07) is 5.27. The summed E-state index contributed by atoms with van der Waals surface area (Å²) in [4.78, 5) is 18.1. The molecule has 21 heavy (non-hydrogen) atoms. The fraction of sp³-hybridized carbons (Fsp3) is 0.0833. The first-order valence-electron chi connectivity index (χ1n) is 5.23. The number of carboxylic acid groups (broad SMARTS) is 1. The third-order valence-electron chi connectivity index (χ3n) is 2.43. The van der Waals surface area contributed by atoms with Crippen molar-refractivity contribution < 1.29 is 75.9 Å². The predicted molar refractivity (Wildman–Crippen MR) is 65.6 cm³/mol. The molecular weight excluding hydrogens is 336 g/mol. The molecule has 0 unspecified atom stereocenters. The molecular formula is C12H7ClF3KN2O2. The van der Waals surface area contributed by atoms with E-state index >= 15 is 0 Å². The molecule has 2 aromatic rings. The van der Waals surface area contributed by atoms with Gasteiger partial charge >= 0.3 is 63.5 Å². The van der Waals surface area contributed by atoms with Gasteiger partial charge < -0.3 is 6.53 Å². The average molecular weight is 343 g/mol. The van der Waals surface area contributed by atoms with Gasteiger partial charge in [0.2, 0.25) is 5.28 Å². The van der Waals surface area contributed by atoms with Crippen molar-refractivity contribution in [1.29, 1.82) is 0 Å². The van der Waals surface area contributed by atoms with E-state index in [1.807, 2.05) is 0 Å². The van der Waals surface area contributed by atoms with Gasteiger partial charge in [-0.15, -0.1) is 0 Å². The van der Waals surface area contributed by atoms with E-state index < -0.39 is 17.7 Å². The second-order valence-electron chi connectivity index (χ2n) is 3.79. The maximum Gasteiger partial charge on any atom is 1.00 e. The van der Waals surface area contributed by atoms with E-state index in [4.69, 9.17) is 16.7 Å². The van der Waals surface area contributed by atoms with Crippen LogP contribution in [-0.2, 0) is 6.18 Å². The van der Waals surface area contributed by atoms with E-state index in [0.717, 1.165) is 18.2 Å². The fourth-order valence-corrected chi connectivity index (χ4v) is 1.69. The smallest absolute Gasteiger partial charge is 1.00 e. The molecule has 0 saturated carbocycles. The second kappa shape index (κ2) is 7.17. The van der Waals surface area contributed by atoms with Crippen molar-refractivity contribution >= 4 is 17.6 Å². The van der Waals surface area contributed by atoms with Crippen LogP contribution in [0.15, 0.2) is 30.3 Å². The summed E-state index contributed by atoms with van der Waals surface area (Å²) < 4.78 is 37.3. The molecule has 106 valence electrons. The van der Waals surface area contributed by atoms with Crippen molar-refractivity contribution in [3.8, 4) is 11.3 Å². The molecule has 1 N–H and O–H groups in total. The third-order valence-corrected chi connectivity index (χ3v) is 2.59. The molecule has 0 fully saturated rings. The standard InChI is InChI=1S/C12H6ClF3N2O2.K.H/c13-11-17-8(5-9(18-11)10(19)20)6-1-3-7(4-2-6)12(14,15)16;;/h1-5H,(H,19,20);;/q;+1;-1. The molecule has 0 spiro atoms. The van der Waals surface area contributed by atoms with E-state index in [1.165, 1.54) is 12.1 Å². The Morgan fingerprint density at radius 3 is 2.24 bits per heavy atom. The number of benzene rings is 1. The van der Waals surface area contributed by atoms with E-state index in [-0.39, 0.29) is 69.5 Å². The SMILES string of the molecule is O=C(O)c1cc(-c2ccc(C(F)(F)F)cc2)nc(Cl)n1.[H-].[K+]. The number of alkyl halides is 3. The van der Waals surface area contributed by atoms with Gasteiger partial charge in [-0.3, -0.25) is 0 Å². The second-order valence-corrected chi connectivity index (χ2v) is 4.13. The summed E-state index contributed by atoms with van der Waals surface area (Å²) in [5.74, 6) is -1.30. The first-order valence-corrected chi connectivity index (χ1v) is 5.60. The first-order chi connectivity index (χ1) is 9.27. The van der Waals surface area contributed by atoms with Crippen molar-refractivity contribution in [1.82, 2.24) is 9.97 Å². The van der Waals surface area contributed by atoms with Gasteiger partial charge in [-0.25, -0.2) is 14.8 Å². The number of halogens is 4. The molecule has 0 aliphatic heterocycles. The summed E-state index contributed by atoms with van der Waals surface area (Å²) >= 11 is 5.58. The zero-order chi connectivity index (χ0) is 14.9. The molecule has 0 amide bonds. The van der Waals surface area contributed by atoms with E-state index in [1.54, 1.807) is 0 Å². The van der Waals surface area contributed by atoms with Crippen LogP contribution in [-0.4, -0.2) is 21.0 Å². The number of rotatable bonds is 2. The zero-order valence-electron chi connectivity index (χ0n) is 11.6. The number of aromatic carboxylic acids is 1. The maximum atomic E-state index is 12.4. The number of carbonyl (C=O) groups is 1. The van der Waals surface area contributed by atoms with Crippen LogP contribution in [0.1, 0.15) is 17.5 Å². The Balaban J connectivity index is 0.00000220. The van der Waals surface area contributed by atoms with Crippen LogP contribution in [0.5, 0.6) is 0 Å². The van der Waals surface area contributed by atoms with Crippen LogP contribution in [0.4, 0.5) is 13.2 Å². The van der Waals surface area contributed by atoms with Gasteiger partial charge in [0.15, 0.2) is 5.69 Å². The fourth-order valence-electron chi connectivity index (χ4n) is 1.51. The van der Waals surface area contributed by atoms with Gasteiger partial charge in [-0.2, -0.15) is 13.2 Å². The van der Waals surface area contributed by atoms with Crippen molar-refractivity contribution in [3.05, 3.63) is 46.9 Å². The van der Waals surface area contributed by atoms with Gasteiger partial charge in [0.25, 0.3) is 0 Å². The van der Waals surface area contributed by atoms with Crippen molar-refractivity contribution in [2.75, 3.05) is 0 Å². The zero-order valence-corrected chi connectivity index (χ0v) is 14.5. The topological polar surface area (TPSA) is 63.1 Å². The number of aromatic nitrogens is 2. The number of hydrogen-bond donors (Lipinski definition) is 1. The van der Waals surface area contributed by atoms with E-state index in [9.17, 15) is 18.0 Å². The first kappa shape index (κ1) is 18.5. The quantitative estimate of drug-likeness (QED) is 0.642. The van der Waals surface area contributed by atoms with Crippen molar-refractivity contribution in [2.24, 2.45) is 0 Å². The summed E-state index contributed by atoms with van der Waals surface area (Å²) in [7, 11) is 0. The van der Waals surface area contributed by atoms with Gasteiger partial charge in [0, 0.05) is 5.56 Å². The van der Waals surface area contributed by atoms with E-state index in [2.05, 4.69) is 9.97 Å². The van der Waals surface area contributed by atoms with Crippen LogP contribution in [0.25, 0.3) is 11.3 Å². The Kier molecular flexibility index (Phi) is 6.32. The Hall–Kier alpha value is -0.514. The van der Waals surface area contributed by atoms with Crippen LogP contribution in [0.3, 0.4) is 0 Å². The minimum Gasteiger partial charge on any atom is -1.00 e. The Bertz CT molecular complexity index is 668.